The lowest BCUT2D eigenvalue weighted by atomic mass is 10.1. The van der Waals surface area contributed by atoms with Gasteiger partial charge in [-0.2, -0.15) is 4.31 Å². The van der Waals surface area contributed by atoms with Crippen LogP contribution in [-0.2, 0) is 26.0 Å². The predicted octanol–water partition coefficient (Wildman–Crippen LogP) is 1.66. The van der Waals surface area contributed by atoms with Crippen LogP contribution in [0.25, 0.3) is 0 Å². The van der Waals surface area contributed by atoms with E-state index in [-0.39, 0.29) is 16.5 Å². The highest BCUT2D eigenvalue weighted by Crippen LogP contribution is 2.32. The third kappa shape index (κ3) is 3.93. The summed E-state index contributed by atoms with van der Waals surface area (Å²) in [6, 6.07) is 11.9. The van der Waals surface area contributed by atoms with Gasteiger partial charge in [-0.05, 0) is 29.8 Å². The minimum Gasteiger partial charge on any atom is -0.495 e. The molecule has 2 heterocycles. The fourth-order valence-electron chi connectivity index (χ4n) is 3.42. The topological polar surface area (TPSA) is 94.2 Å². The molecule has 4 rings (SSSR count). The number of benzene rings is 2. The number of carbonyl (C=O) groups is 1. The Hall–Kier alpha value is -2.62. The minimum atomic E-state index is -3.69. The van der Waals surface area contributed by atoms with Gasteiger partial charge < -0.3 is 19.5 Å². The summed E-state index contributed by atoms with van der Waals surface area (Å²) in [5, 5.41) is 2.76. The molecular formula is C20H22N2O6S. The number of rotatable bonds is 5. The number of amides is 1. The number of para-hydroxylation sites is 1. The SMILES string of the molecule is COc1ccc(S(=O)(=O)N2CCOCC2)cc1NC(=O)C1Cc2ccccc2O1. The van der Waals surface area contributed by atoms with Crippen molar-refractivity contribution in [3.05, 3.63) is 48.0 Å². The second-order valence-electron chi connectivity index (χ2n) is 6.79. The molecule has 0 aromatic heterocycles. The van der Waals surface area contributed by atoms with Crippen LogP contribution in [0.1, 0.15) is 5.56 Å². The average Bonchev–Trinajstić information content (AvgIpc) is 3.19. The molecule has 1 fully saturated rings. The number of morpholine rings is 1. The Bertz CT molecular complexity index is 992. The van der Waals surface area contributed by atoms with E-state index in [0.29, 0.717) is 44.2 Å². The fraction of sp³-hybridized carbons (Fsp3) is 0.350. The summed E-state index contributed by atoms with van der Waals surface area (Å²) in [4.78, 5) is 12.8. The van der Waals surface area contributed by atoms with Crippen molar-refractivity contribution in [1.29, 1.82) is 0 Å². The van der Waals surface area contributed by atoms with Crippen molar-refractivity contribution in [2.24, 2.45) is 0 Å². The molecule has 1 atom stereocenters. The summed E-state index contributed by atoms with van der Waals surface area (Å²) in [5.74, 6) is 0.693. The van der Waals surface area contributed by atoms with Gasteiger partial charge in [0.2, 0.25) is 10.0 Å². The van der Waals surface area contributed by atoms with Crippen molar-refractivity contribution in [3.63, 3.8) is 0 Å². The van der Waals surface area contributed by atoms with E-state index in [4.69, 9.17) is 14.2 Å². The van der Waals surface area contributed by atoms with Crippen LogP contribution < -0.4 is 14.8 Å². The van der Waals surface area contributed by atoms with Crippen molar-refractivity contribution in [2.75, 3.05) is 38.7 Å². The zero-order valence-electron chi connectivity index (χ0n) is 16.0. The Labute approximate surface area is 169 Å². The summed E-state index contributed by atoms with van der Waals surface area (Å²) in [6.07, 6.45) is -0.229. The van der Waals surface area contributed by atoms with Crippen molar-refractivity contribution >= 4 is 21.6 Å². The monoisotopic (exact) mass is 418 g/mol. The molecule has 0 bridgehead atoms. The zero-order valence-corrected chi connectivity index (χ0v) is 16.8. The number of methoxy groups -OCH3 is 1. The standard InChI is InChI=1S/C20H22N2O6S/c1-26-18-7-6-15(29(24,25)22-8-10-27-11-9-22)13-16(18)21-20(23)19-12-14-4-2-3-5-17(14)28-19/h2-7,13,19H,8-12H2,1H3,(H,21,23). The van der Waals surface area contributed by atoms with E-state index >= 15 is 0 Å². The van der Waals surface area contributed by atoms with Crippen LogP contribution in [0, 0.1) is 0 Å². The number of nitrogens with one attached hydrogen (secondary N) is 1. The first-order chi connectivity index (χ1) is 14.0. The van der Waals surface area contributed by atoms with Gasteiger partial charge in [0.25, 0.3) is 5.91 Å². The molecule has 2 aromatic carbocycles. The summed E-state index contributed by atoms with van der Waals surface area (Å²) < 4.78 is 43.5. The van der Waals surface area contributed by atoms with Crippen molar-refractivity contribution in [3.8, 4) is 11.5 Å². The molecular weight excluding hydrogens is 396 g/mol. The summed E-state index contributed by atoms with van der Waals surface area (Å²) >= 11 is 0. The number of carbonyl (C=O) groups excluding carboxylic acids is 1. The highest BCUT2D eigenvalue weighted by molar-refractivity contribution is 7.89. The van der Waals surface area contributed by atoms with Crippen LogP contribution in [0.4, 0.5) is 5.69 Å². The molecule has 2 aliphatic rings. The molecule has 8 nitrogen and oxygen atoms in total. The Morgan fingerprint density at radius 1 is 1.17 bits per heavy atom. The number of ether oxygens (including phenoxy) is 3. The Balaban J connectivity index is 1.55. The van der Waals surface area contributed by atoms with Crippen LogP contribution in [-0.4, -0.2) is 58.1 Å². The van der Waals surface area contributed by atoms with Crippen molar-refractivity contribution in [2.45, 2.75) is 17.4 Å². The molecule has 2 aliphatic heterocycles. The minimum absolute atomic E-state index is 0.0890. The van der Waals surface area contributed by atoms with Gasteiger partial charge in [-0.1, -0.05) is 18.2 Å². The molecule has 154 valence electrons. The predicted molar refractivity (Wildman–Crippen MR) is 106 cm³/mol. The lowest BCUT2D eigenvalue weighted by Gasteiger charge is -2.26. The molecule has 0 saturated carbocycles. The zero-order chi connectivity index (χ0) is 20.4. The molecule has 9 heteroatoms. The van der Waals surface area contributed by atoms with Gasteiger partial charge in [-0.3, -0.25) is 4.79 Å². The highest BCUT2D eigenvalue weighted by Gasteiger charge is 2.31. The smallest absolute Gasteiger partial charge is 0.265 e. The second kappa shape index (κ2) is 8.02. The van der Waals surface area contributed by atoms with E-state index in [9.17, 15) is 13.2 Å². The maximum absolute atomic E-state index is 12.9. The van der Waals surface area contributed by atoms with Gasteiger partial charge in [0.1, 0.15) is 11.5 Å². The van der Waals surface area contributed by atoms with Gasteiger partial charge >= 0.3 is 0 Å². The van der Waals surface area contributed by atoms with Crippen LogP contribution in [0.5, 0.6) is 11.5 Å². The van der Waals surface area contributed by atoms with E-state index < -0.39 is 16.1 Å². The summed E-state index contributed by atoms with van der Waals surface area (Å²) in [7, 11) is -2.23. The van der Waals surface area contributed by atoms with Crippen LogP contribution in [0.3, 0.4) is 0 Å². The van der Waals surface area contributed by atoms with Crippen molar-refractivity contribution < 1.29 is 27.4 Å². The third-order valence-electron chi connectivity index (χ3n) is 4.98. The fourth-order valence-corrected chi connectivity index (χ4v) is 4.86. The molecule has 1 unspecified atom stereocenters. The van der Waals surface area contributed by atoms with Crippen molar-refractivity contribution in [1.82, 2.24) is 4.31 Å². The quantitative estimate of drug-likeness (QED) is 0.794. The lowest BCUT2D eigenvalue weighted by Crippen LogP contribution is -2.40. The van der Waals surface area contributed by atoms with Gasteiger partial charge in [-0.25, -0.2) is 8.42 Å². The maximum Gasteiger partial charge on any atom is 0.265 e. The first-order valence-corrected chi connectivity index (χ1v) is 10.7. The summed E-state index contributed by atoms with van der Waals surface area (Å²) in [6.45, 7) is 1.31. The molecule has 0 spiro atoms. The van der Waals surface area contributed by atoms with Gasteiger partial charge in [-0.15, -0.1) is 0 Å². The Morgan fingerprint density at radius 2 is 1.93 bits per heavy atom. The maximum atomic E-state index is 12.9. The van der Waals surface area contributed by atoms with Gasteiger partial charge in [0, 0.05) is 19.5 Å². The number of sulfonamides is 1. The normalized spacial score (nSPS) is 19.3. The van der Waals surface area contributed by atoms with E-state index in [1.54, 1.807) is 0 Å². The number of anilines is 1. The van der Waals surface area contributed by atoms with Crippen LogP contribution in [0.2, 0.25) is 0 Å². The molecule has 1 amide bonds. The Kier molecular flexibility index (Phi) is 5.44. The molecule has 1 N–H and O–H groups in total. The Morgan fingerprint density at radius 3 is 2.66 bits per heavy atom. The number of nitrogens with zero attached hydrogens (tertiary/aromatic N) is 1. The van der Waals surface area contributed by atoms with E-state index in [2.05, 4.69) is 5.32 Å². The molecule has 29 heavy (non-hydrogen) atoms. The number of hydrogen-bond donors (Lipinski definition) is 1. The number of hydrogen-bond acceptors (Lipinski definition) is 6. The lowest BCUT2D eigenvalue weighted by molar-refractivity contribution is -0.122. The first-order valence-electron chi connectivity index (χ1n) is 9.30. The van der Waals surface area contributed by atoms with E-state index in [0.717, 1.165) is 5.56 Å². The first kappa shape index (κ1) is 19.7. The van der Waals surface area contributed by atoms with Gasteiger partial charge in [0.05, 0.1) is 30.9 Å². The largest absolute Gasteiger partial charge is 0.495 e. The number of fused-ring (bicyclic) bond motifs is 1. The second-order valence-corrected chi connectivity index (χ2v) is 8.72. The van der Waals surface area contributed by atoms with Crippen LogP contribution in [0.15, 0.2) is 47.4 Å². The molecule has 2 aromatic rings. The molecule has 1 saturated heterocycles. The summed E-state index contributed by atoms with van der Waals surface area (Å²) in [5.41, 5.74) is 1.25. The third-order valence-corrected chi connectivity index (χ3v) is 6.87. The van der Waals surface area contributed by atoms with Crippen LogP contribution >= 0.6 is 0 Å². The van der Waals surface area contributed by atoms with E-state index in [1.807, 2.05) is 24.3 Å². The molecule has 0 radical (unpaired) electrons. The van der Waals surface area contributed by atoms with Gasteiger partial charge in [0.15, 0.2) is 6.10 Å². The van der Waals surface area contributed by atoms with E-state index in [1.165, 1.54) is 29.6 Å². The average molecular weight is 418 g/mol. The molecule has 0 aliphatic carbocycles. The highest BCUT2D eigenvalue weighted by atomic mass is 32.2.